The van der Waals surface area contributed by atoms with Gasteiger partial charge < -0.3 is 41.9 Å². The number of aliphatic carboxylic acids is 1. The molecule has 13 heteroatoms. The molecule has 3 aromatic carbocycles. The van der Waals surface area contributed by atoms with Crippen LogP contribution >= 0.6 is 12.6 Å². The van der Waals surface area contributed by atoms with Gasteiger partial charge in [-0.1, -0.05) is 48.5 Å². The van der Waals surface area contributed by atoms with Crippen LogP contribution in [0.25, 0.3) is 21.8 Å². The van der Waals surface area contributed by atoms with Crippen LogP contribution in [-0.2, 0) is 38.4 Å². The van der Waals surface area contributed by atoms with Gasteiger partial charge in [0.1, 0.15) is 23.9 Å². The molecule has 0 spiro atoms. The minimum atomic E-state index is -1.28. The van der Waals surface area contributed by atoms with Gasteiger partial charge in [-0.05, 0) is 47.4 Å². The van der Waals surface area contributed by atoms with Crippen molar-refractivity contribution in [1.29, 1.82) is 0 Å². The van der Waals surface area contributed by atoms with E-state index in [4.69, 9.17) is 5.73 Å². The van der Waals surface area contributed by atoms with Crippen molar-refractivity contribution in [2.24, 2.45) is 5.73 Å². The molecule has 12 nitrogen and oxygen atoms in total. The Labute approximate surface area is 275 Å². The molecule has 5 rings (SSSR count). The molecule has 0 radical (unpaired) electrons. The highest BCUT2D eigenvalue weighted by atomic mass is 32.1. The number of phenols is 1. The van der Waals surface area contributed by atoms with Gasteiger partial charge in [0.05, 0.1) is 6.04 Å². The van der Waals surface area contributed by atoms with E-state index in [1.807, 2.05) is 48.5 Å². The molecule has 4 unspecified atom stereocenters. The lowest BCUT2D eigenvalue weighted by Gasteiger charge is -2.24. The third-order valence-corrected chi connectivity index (χ3v) is 8.35. The number of nitrogens with one attached hydrogen (secondary N) is 5. The Morgan fingerprint density at radius 1 is 0.681 bits per heavy atom. The summed E-state index contributed by atoms with van der Waals surface area (Å²) >= 11 is 4.24. The fourth-order valence-corrected chi connectivity index (χ4v) is 5.70. The highest BCUT2D eigenvalue weighted by Gasteiger charge is 2.30. The van der Waals surface area contributed by atoms with Gasteiger partial charge in [0, 0.05) is 52.8 Å². The number of carboxylic acid groups (broad SMARTS) is 1. The summed E-state index contributed by atoms with van der Waals surface area (Å²) in [5.74, 6) is -3.36. The molecule has 244 valence electrons. The van der Waals surface area contributed by atoms with E-state index < -0.39 is 47.9 Å². The number of amides is 3. The average Bonchev–Trinajstić information content (AvgIpc) is 3.67. The Bertz CT molecular complexity index is 1890. The van der Waals surface area contributed by atoms with Gasteiger partial charge in [0.25, 0.3) is 0 Å². The van der Waals surface area contributed by atoms with Gasteiger partial charge in [-0.2, -0.15) is 12.6 Å². The minimum absolute atomic E-state index is 0.00613. The third kappa shape index (κ3) is 8.12. The summed E-state index contributed by atoms with van der Waals surface area (Å²) in [4.78, 5) is 58.5. The number of hydrogen-bond acceptors (Lipinski definition) is 7. The lowest BCUT2D eigenvalue weighted by atomic mass is 10.0. The fourth-order valence-electron chi connectivity index (χ4n) is 5.45. The number of phenolic OH excluding ortho intramolecular Hbond substituents is 1. The van der Waals surface area contributed by atoms with Gasteiger partial charge in [-0.15, -0.1) is 0 Å². The Hall–Kier alpha value is -5.27. The molecule has 2 aromatic heterocycles. The van der Waals surface area contributed by atoms with Crippen LogP contribution in [0, 0.1) is 0 Å². The Kier molecular flexibility index (Phi) is 10.5. The van der Waals surface area contributed by atoms with Gasteiger partial charge in [-0.25, -0.2) is 4.79 Å². The molecule has 0 aliphatic heterocycles. The standard InChI is InChI=1S/C34H36N6O6S/c35-25(14-20-16-36-26-7-3-1-5-23(20)26)31(42)38-28(13-19-9-11-22(41)12-10-19)32(43)40-30(18-47)33(44)39-29(34(45)46)15-21-17-37-27-8-4-2-6-24(21)27/h1-12,16-17,25,28-30,36-37,41,47H,13-15,18,35H2,(H,38,42)(H,39,44)(H,40,43)(H,45,46). The predicted molar refractivity (Wildman–Crippen MR) is 181 cm³/mol. The van der Waals surface area contributed by atoms with E-state index in [1.165, 1.54) is 12.1 Å². The summed E-state index contributed by atoms with van der Waals surface area (Å²) in [6.45, 7) is 0. The van der Waals surface area contributed by atoms with E-state index >= 15 is 0 Å². The van der Waals surface area contributed by atoms with Gasteiger partial charge in [0.15, 0.2) is 0 Å². The number of rotatable bonds is 14. The largest absolute Gasteiger partial charge is 0.508 e. The van der Waals surface area contributed by atoms with Crippen LogP contribution in [0.3, 0.4) is 0 Å². The molecule has 0 aliphatic rings. The highest BCUT2D eigenvalue weighted by Crippen LogP contribution is 2.20. The van der Waals surface area contributed by atoms with E-state index in [0.29, 0.717) is 11.1 Å². The third-order valence-electron chi connectivity index (χ3n) is 7.99. The number of hydrogen-bond donors (Lipinski definition) is 9. The first-order valence-electron chi connectivity index (χ1n) is 15.0. The molecule has 47 heavy (non-hydrogen) atoms. The number of aromatic amines is 2. The number of aromatic nitrogens is 2. The second-order valence-electron chi connectivity index (χ2n) is 11.3. The van der Waals surface area contributed by atoms with Crippen molar-refractivity contribution < 1.29 is 29.4 Å². The summed E-state index contributed by atoms with van der Waals surface area (Å²) in [6, 6.07) is 16.5. The topological polar surface area (TPSA) is 202 Å². The maximum Gasteiger partial charge on any atom is 0.326 e. The second kappa shape index (κ2) is 14.9. The maximum absolute atomic E-state index is 13.6. The summed E-state index contributed by atoms with van der Waals surface area (Å²) in [6.07, 6.45) is 3.73. The summed E-state index contributed by atoms with van der Waals surface area (Å²) in [5.41, 5.74) is 10.2. The fraction of sp³-hybridized carbons (Fsp3) is 0.235. The molecular weight excluding hydrogens is 620 g/mol. The smallest absolute Gasteiger partial charge is 0.326 e. The van der Waals surface area contributed by atoms with Crippen LogP contribution in [0.1, 0.15) is 16.7 Å². The van der Waals surface area contributed by atoms with Crippen LogP contribution in [0.5, 0.6) is 5.75 Å². The number of para-hydroxylation sites is 2. The van der Waals surface area contributed by atoms with Crippen LogP contribution < -0.4 is 21.7 Å². The maximum atomic E-state index is 13.6. The van der Waals surface area contributed by atoms with Crippen LogP contribution in [0.2, 0.25) is 0 Å². The van der Waals surface area contributed by atoms with E-state index in [-0.39, 0.29) is 30.8 Å². The van der Waals surface area contributed by atoms with Crippen molar-refractivity contribution in [3.8, 4) is 5.75 Å². The summed E-state index contributed by atoms with van der Waals surface area (Å²) in [5, 5.41) is 29.2. The number of aromatic hydroxyl groups is 1. The number of thiol groups is 1. The summed E-state index contributed by atoms with van der Waals surface area (Å²) in [7, 11) is 0. The zero-order chi connectivity index (χ0) is 33.5. The lowest BCUT2D eigenvalue weighted by Crippen LogP contribution is -2.58. The Balaban J connectivity index is 1.28. The van der Waals surface area contributed by atoms with E-state index in [0.717, 1.165) is 27.4 Å². The average molecular weight is 657 g/mol. The molecule has 5 aromatic rings. The van der Waals surface area contributed by atoms with Gasteiger partial charge >= 0.3 is 5.97 Å². The molecule has 9 N–H and O–H groups in total. The van der Waals surface area contributed by atoms with Crippen LogP contribution in [0.15, 0.2) is 85.2 Å². The first-order valence-corrected chi connectivity index (χ1v) is 15.6. The number of benzene rings is 3. The van der Waals surface area contributed by atoms with E-state index in [1.54, 1.807) is 24.5 Å². The molecular formula is C34H36N6O6S. The quantitative estimate of drug-likeness (QED) is 0.0815. The van der Waals surface area contributed by atoms with Crippen molar-refractivity contribution >= 4 is 58.1 Å². The predicted octanol–water partition coefficient (Wildman–Crippen LogP) is 2.18. The molecule has 0 aliphatic carbocycles. The van der Waals surface area contributed by atoms with Gasteiger partial charge in [-0.3, -0.25) is 14.4 Å². The van der Waals surface area contributed by atoms with Crippen molar-refractivity contribution in [3.63, 3.8) is 0 Å². The Morgan fingerprint density at radius 3 is 1.77 bits per heavy atom. The number of nitrogens with two attached hydrogens (primary N) is 1. The van der Waals surface area contributed by atoms with E-state index in [9.17, 15) is 29.4 Å². The monoisotopic (exact) mass is 656 g/mol. The molecule has 4 atom stereocenters. The van der Waals surface area contributed by atoms with Crippen molar-refractivity contribution in [2.45, 2.75) is 43.4 Å². The van der Waals surface area contributed by atoms with Crippen molar-refractivity contribution in [3.05, 3.63) is 102 Å². The molecule has 0 fully saturated rings. The Morgan fingerprint density at radius 2 is 1.19 bits per heavy atom. The highest BCUT2D eigenvalue weighted by molar-refractivity contribution is 7.80. The molecule has 0 bridgehead atoms. The normalized spacial score (nSPS) is 13.8. The zero-order valence-corrected chi connectivity index (χ0v) is 26.2. The number of carbonyl (C=O) groups is 4. The lowest BCUT2D eigenvalue weighted by molar-refractivity contribution is -0.142. The minimum Gasteiger partial charge on any atom is -0.508 e. The first-order chi connectivity index (χ1) is 22.6. The number of carbonyl (C=O) groups excluding carboxylic acids is 3. The SMILES string of the molecule is NC(Cc1c[nH]c2ccccc12)C(=O)NC(Cc1ccc(O)cc1)C(=O)NC(CS)C(=O)NC(Cc1c[nH]c2ccccc12)C(=O)O. The van der Waals surface area contributed by atoms with Crippen LogP contribution in [-0.4, -0.2) is 73.8 Å². The molecule has 0 saturated heterocycles. The zero-order valence-electron chi connectivity index (χ0n) is 25.3. The van der Waals surface area contributed by atoms with Crippen molar-refractivity contribution in [2.75, 3.05) is 5.75 Å². The van der Waals surface area contributed by atoms with Crippen LogP contribution in [0.4, 0.5) is 0 Å². The van der Waals surface area contributed by atoms with Crippen molar-refractivity contribution in [1.82, 2.24) is 25.9 Å². The number of carboxylic acids is 1. The molecule has 3 amide bonds. The first kappa shape index (κ1) is 33.1. The molecule has 0 saturated carbocycles. The molecule has 2 heterocycles. The van der Waals surface area contributed by atoms with E-state index in [2.05, 4.69) is 38.5 Å². The number of H-pyrrole nitrogens is 2. The number of fused-ring (bicyclic) bond motifs is 2. The second-order valence-corrected chi connectivity index (χ2v) is 11.7. The van der Waals surface area contributed by atoms with Gasteiger partial charge in [0.2, 0.25) is 17.7 Å². The summed E-state index contributed by atoms with van der Waals surface area (Å²) < 4.78 is 0.